The minimum atomic E-state index is -4.72. The maximum atomic E-state index is 15.0. The van der Waals surface area contributed by atoms with Gasteiger partial charge in [-0.2, -0.15) is 14.4 Å². The van der Waals surface area contributed by atoms with Gasteiger partial charge in [-0.15, -0.1) is 6.42 Å². The lowest BCUT2D eigenvalue weighted by molar-refractivity contribution is -0.152. The van der Waals surface area contributed by atoms with Crippen molar-refractivity contribution < 1.29 is 46.9 Å². The van der Waals surface area contributed by atoms with E-state index in [-0.39, 0.29) is 43.0 Å². The fraction of sp³-hybridized carbons (Fsp3) is 0.688. The summed E-state index contributed by atoms with van der Waals surface area (Å²) < 4.78 is 59.8. The normalized spacial score (nSPS) is 19.1. The highest BCUT2D eigenvalue weighted by Gasteiger charge is 2.50. The van der Waals surface area contributed by atoms with Crippen molar-refractivity contribution in [3.63, 3.8) is 0 Å². The van der Waals surface area contributed by atoms with Crippen molar-refractivity contribution in [2.75, 3.05) is 25.6 Å². The molecule has 1 aliphatic rings. The quantitative estimate of drug-likeness (QED) is 0.0168. The number of terminal acetylenes is 1. The SMILES string of the molecule is C#C[C@]1(CO[P@](=O)(N[C@@H](Cc2ccccc2)C(=O)OCCCCCCCCCCCC)O[C@@H](C)C(=O)OCCCCCCCCCCCC)O[C@@H](n2cnc3c(N)nc(F)nc32)C[C@@H]1O. The molecule has 4 rings (SSSR count). The van der Waals surface area contributed by atoms with Crippen molar-refractivity contribution in [3.05, 3.63) is 48.3 Å². The van der Waals surface area contributed by atoms with Gasteiger partial charge in [0, 0.05) is 6.42 Å². The van der Waals surface area contributed by atoms with Gasteiger partial charge in [0.1, 0.15) is 25.0 Å². The third-order valence-electron chi connectivity index (χ3n) is 11.7. The summed E-state index contributed by atoms with van der Waals surface area (Å²) in [5.41, 5.74) is 4.75. The number of carbonyl (C=O) groups is 2. The number of nitrogens with one attached hydrogen (secondary N) is 1. The number of fused-ring (bicyclic) bond motifs is 1. The smallest absolute Gasteiger partial charge is 0.407 e. The number of nitrogens with two attached hydrogens (primary N) is 1. The molecule has 0 spiro atoms. The number of hydrogen-bond acceptors (Lipinski definition) is 13. The van der Waals surface area contributed by atoms with Crippen LogP contribution in [0.3, 0.4) is 0 Å². The highest BCUT2D eigenvalue weighted by Crippen LogP contribution is 2.49. The lowest BCUT2D eigenvalue weighted by atomic mass is 9.99. The summed E-state index contributed by atoms with van der Waals surface area (Å²) >= 11 is 0. The predicted octanol–water partition coefficient (Wildman–Crippen LogP) is 9.86. The van der Waals surface area contributed by atoms with Crippen LogP contribution in [0.15, 0.2) is 36.7 Å². The van der Waals surface area contributed by atoms with E-state index in [1.54, 1.807) is 0 Å². The Bertz CT molecular complexity index is 1950. The van der Waals surface area contributed by atoms with Crippen LogP contribution in [-0.4, -0.2) is 80.2 Å². The van der Waals surface area contributed by atoms with Gasteiger partial charge >= 0.3 is 25.8 Å². The molecule has 6 atom stereocenters. The second kappa shape index (κ2) is 28.9. The third-order valence-corrected chi connectivity index (χ3v) is 13.4. The van der Waals surface area contributed by atoms with Crippen LogP contribution in [0.1, 0.15) is 167 Å². The number of unbranched alkanes of at least 4 members (excludes halogenated alkanes) is 18. The molecule has 0 saturated carbocycles. The van der Waals surface area contributed by atoms with E-state index in [0.717, 1.165) is 44.1 Å². The molecule has 15 nitrogen and oxygen atoms in total. The highest BCUT2D eigenvalue weighted by atomic mass is 31.2. The number of ether oxygens (including phenoxy) is 3. The van der Waals surface area contributed by atoms with Crippen molar-refractivity contribution >= 4 is 36.7 Å². The zero-order valence-electron chi connectivity index (χ0n) is 38.9. The van der Waals surface area contributed by atoms with Gasteiger partial charge in [0.2, 0.25) is 0 Å². The second-order valence-electron chi connectivity index (χ2n) is 17.1. The van der Waals surface area contributed by atoms with Crippen LogP contribution in [0.25, 0.3) is 11.2 Å². The maximum absolute atomic E-state index is 15.0. The first kappa shape index (κ1) is 53.6. The average Bonchev–Trinajstić information content (AvgIpc) is 3.87. The minimum Gasteiger partial charge on any atom is -0.465 e. The van der Waals surface area contributed by atoms with E-state index in [4.69, 9.17) is 35.4 Å². The number of aromatic nitrogens is 4. The Balaban J connectivity index is 1.45. The molecule has 1 fully saturated rings. The van der Waals surface area contributed by atoms with E-state index in [1.807, 2.05) is 30.3 Å². The lowest BCUT2D eigenvalue weighted by Gasteiger charge is -2.31. The fourth-order valence-corrected chi connectivity index (χ4v) is 9.48. The number of imidazole rings is 1. The summed E-state index contributed by atoms with van der Waals surface area (Å²) in [6.07, 6.45) is 24.5. The molecule has 1 aliphatic heterocycles. The Hall–Kier alpha value is -3.97. The fourth-order valence-electron chi connectivity index (χ4n) is 7.84. The Labute approximate surface area is 385 Å². The van der Waals surface area contributed by atoms with Gasteiger partial charge in [-0.25, -0.2) is 19.4 Å². The van der Waals surface area contributed by atoms with Crippen molar-refractivity contribution in [3.8, 4) is 12.3 Å². The van der Waals surface area contributed by atoms with Gasteiger partial charge in [-0.3, -0.25) is 18.4 Å². The maximum Gasteiger partial charge on any atom is 0.407 e. The number of rotatable bonds is 34. The van der Waals surface area contributed by atoms with Crippen LogP contribution in [0.4, 0.5) is 10.2 Å². The van der Waals surface area contributed by atoms with Crippen molar-refractivity contribution in [1.82, 2.24) is 24.6 Å². The first-order valence-electron chi connectivity index (χ1n) is 24.0. The molecular formula is C48H74FN6O9P. The number of esters is 2. The zero-order chi connectivity index (χ0) is 46.9. The van der Waals surface area contributed by atoms with E-state index in [9.17, 15) is 23.7 Å². The highest BCUT2D eigenvalue weighted by molar-refractivity contribution is 7.51. The van der Waals surface area contributed by atoms with Crippen molar-refractivity contribution in [2.24, 2.45) is 0 Å². The van der Waals surface area contributed by atoms with Crippen LogP contribution in [0, 0.1) is 18.4 Å². The summed E-state index contributed by atoms with van der Waals surface area (Å²) in [5, 5.41) is 14.1. The van der Waals surface area contributed by atoms with Crippen LogP contribution >= 0.6 is 7.75 Å². The molecular weight excluding hydrogens is 855 g/mol. The lowest BCUT2D eigenvalue weighted by Crippen LogP contribution is -2.44. The molecule has 1 saturated heterocycles. The Morgan fingerprint density at radius 2 is 1.45 bits per heavy atom. The largest absolute Gasteiger partial charge is 0.465 e. The Morgan fingerprint density at radius 1 is 0.908 bits per heavy atom. The van der Waals surface area contributed by atoms with Gasteiger partial charge in [0.15, 0.2) is 28.7 Å². The zero-order valence-corrected chi connectivity index (χ0v) is 39.8. The summed E-state index contributed by atoms with van der Waals surface area (Å²) in [6.45, 7) is 5.37. The first-order valence-corrected chi connectivity index (χ1v) is 25.6. The monoisotopic (exact) mass is 929 g/mol. The van der Waals surface area contributed by atoms with E-state index in [2.05, 4.69) is 39.8 Å². The number of nitrogens with zero attached hydrogens (tertiary/aromatic N) is 4. The van der Waals surface area contributed by atoms with E-state index < -0.39 is 62.4 Å². The van der Waals surface area contributed by atoms with E-state index >= 15 is 0 Å². The summed E-state index contributed by atoms with van der Waals surface area (Å²) in [4.78, 5) is 38.6. The van der Waals surface area contributed by atoms with Gasteiger partial charge in [-0.1, -0.05) is 166 Å². The van der Waals surface area contributed by atoms with Crippen LogP contribution in [0.2, 0.25) is 0 Å². The molecule has 0 radical (unpaired) electrons. The molecule has 0 amide bonds. The molecule has 3 heterocycles. The van der Waals surface area contributed by atoms with Gasteiger partial charge in [0.25, 0.3) is 0 Å². The van der Waals surface area contributed by atoms with E-state index in [0.29, 0.717) is 12.8 Å². The standard InChI is InChI=1S/C48H74FN6O9P/c1-5-8-10-12-14-16-18-20-22-27-31-60-45(57)37(4)64-65(59,62-35-48(7-3)40(56)34-41(63-48)55-36-51-42-43(50)52-47(49)53-44(42)55)54-39(33-38-29-25-24-26-30-38)46(58)61-32-28-23-21-19-17-15-13-11-9-6-2/h3,24-26,29-30,36-37,39-41,56H,5-6,8-23,27-28,31-35H2,1-2,4H3,(H,54,59)(H2,50,52,53)/t37-,39-,40-,41+,48+,65+/m0/s1. The van der Waals surface area contributed by atoms with Crippen molar-refractivity contribution in [2.45, 2.75) is 192 Å². The summed E-state index contributed by atoms with van der Waals surface area (Å²) in [6, 6.07) is 7.81. The van der Waals surface area contributed by atoms with Crippen LogP contribution in [0.5, 0.6) is 0 Å². The van der Waals surface area contributed by atoms with Gasteiger partial charge in [0.05, 0.1) is 19.5 Å². The molecule has 362 valence electrons. The molecule has 4 N–H and O–H groups in total. The molecule has 2 aromatic heterocycles. The summed E-state index contributed by atoms with van der Waals surface area (Å²) in [5.74, 6) is 0.766. The number of halogens is 1. The number of nitrogen functional groups attached to an aromatic ring is 1. The number of anilines is 1. The van der Waals surface area contributed by atoms with Crippen LogP contribution < -0.4 is 10.8 Å². The molecule has 3 aromatic rings. The van der Waals surface area contributed by atoms with Gasteiger partial charge in [-0.05, 0) is 31.7 Å². The predicted molar refractivity (Wildman–Crippen MR) is 249 cm³/mol. The Morgan fingerprint density at radius 3 is 2.00 bits per heavy atom. The number of hydrogen-bond donors (Lipinski definition) is 3. The number of aliphatic hydroxyl groups excluding tert-OH is 1. The minimum absolute atomic E-state index is 0.00169. The first-order chi connectivity index (χ1) is 31.4. The number of carbonyl (C=O) groups excluding carboxylic acids is 2. The molecule has 1 aromatic carbocycles. The molecule has 0 bridgehead atoms. The number of benzene rings is 1. The molecule has 65 heavy (non-hydrogen) atoms. The van der Waals surface area contributed by atoms with Gasteiger partial charge < -0.3 is 25.1 Å². The molecule has 17 heteroatoms. The third kappa shape index (κ3) is 18.0. The topological polar surface area (TPSA) is 199 Å². The van der Waals surface area contributed by atoms with Crippen LogP contribution in [-0.2, 0) is 43.8 Å². The summed E-state index contributed by atoms with van der Waals surface area (Å²) in [7, 11) is -4.72. The number of aliphatic hydroxyl groups is 1. The van der Waals surface area contributed by atoms with E-state index in [1.165, 1.54) is 94.9 Å². The molecule has 0 aliphatic carbocycles. The van der Waals surface area contributed by atoms with Crippen molar-refractivity contribution in [1.29, 1.82) is 0 Å². The second-order valence-corrected chi connectivity index (χ2v) is 18.9. The Kier molecular flexibility index (Phi) is 23.9. The average molecular weight is 929 g/mol. The molecule has 0 unspecified atom stereocenters.